The molecule has 0 aliphatic heterocycles. The Bertz CT molecular complexity index is 387. The van der Waals surface area contributed by atoms with Crippen LogP contribution in [0.2, 0.25) is 5.02 Å². The van der Waals surface area contributed by atoms with Gasteiger partial charge in [0.2, 0.25) is 0 Å². The summed E-state index contributed by atoms with van der Waals surface area (Å²) in [7, 11) is 1.25. The van der Waals surface area contributed by atoms with E-state index in [9.17, 15) is 9.59 Å². The molecule has 0 heterocycles. The molecule has 1 unspecified atom stereocenters. The van der Waals surface area contributed by atoms with E-state index in [-0.39, 0.29) is 12.2 Å². The highest BCUT2D eigenvalue weighted by Gasteiger charge is 2.20. The van der Waals surface area contributed by atoms with Crippen molar-refractivity contribution >= 4 is 35.0 Å². The quantitative estimate of drug-likeness (QED) is 0.475. The van der Waals surface area contributed by atoms with Crippen LogP contribution in [0.3, 0.4) is 0 Å². The van der Waals surface area contributed by atoms with Crippen molar-refractivity contribution in [2.45, 2.75) is 11.8 Å². The first-order valence-electron chi connectivity index (χ1n) is 4.55. The average Bonchev–Trinajstić information content (AvgIpc) is 2.28. The normalized spacial score (nSPS) is 11.9. The fourth-order valence-electron chi connectivity index (χ4n) is 1.12. The Morgan fingerprint density at radius 3 is 2.38 bits per heavy atom. The van der Waals surface area contributed by atoms with Crippen molar-refractivity contribution in [1.82, 2.24) is 0 Å². The maximum absolute atomic E-state index is 11.7. The van der Waals surface area contributed by atoms with Gasteiger partial charge in [0.25, 0.3) is 0 Å². The van der Waals surface area contributed by atoms with Crippen molar-refractivity contribution in [2.24, 2.45) is 0 Å². The Kier molecular flexibility index (Phi) is 4.77. The van der Waals surface area contributed by atoms with Crippen molar-refractivity contribution in [3.63, 3.8) is 0 Å². The lowest BCUT2D eigenvalue weighted by Gasteiger charge is -2.07. The molecule has 0 spiro atoms. The zero-order valence-corrected chi connectivity index (χ0v) is 10.1. The van der Waals surface area contributed by atoms with E-state index in [1.54, 1.807) is 24.3 Å². The molecule has 1 aromatic carbocycles. The third-order valence-corrected chi connectivity index (χ3v) is 2.59. The first-order valence-corrected chi connectivity index (χ1v) is 5.36. The van der Waals surface area contributed by atoms with E-state index in [1.165, 1.54) is 7.11 Å². The lowest BCUT2D eigenvalue weighted by Crippen LogP contribution is -2.19. The van der Waals surface area contributed by atoms with Gasteiger partial charge in [0, 0.05) is 10.6 Å². The second-order valence-corrected chi connectivity index (χ2v) is 4.08. The van der Waals surface area contributed by atoms with Crippen LogP contribution in [-0.2, 0) is 9.53 Å². The van der Waals surface area contributed by atoms with Crippen molar-refractivity contribution < 1.29 is 14.3 Å². The largest absolute Gasteiger partial charge is 0.469 e. The number of methoxy groups -OCH3 is 1. The van der Waals surface area contributed by atoms with Gasteiger partial charge in [-0.15, -0.1) is 11.6 Å². The summed E-state index contributed by atoms with van der Waals surface area (Å²) in [4.78, 5) is 22.7. The number of Topliss-reactive ketones (excluding diaryl/α,β-unsaturated/α-hetero) is 1. The Morgan fingerprint density at radius 2 is 1.88 bits per heavy atom. The maximum Gasteiger partial charge on any atom is 0.307 e. The Morgan fingerprint density at radius 1 is 1.31 bits per heavy atom. The fraction of sp³-hybridized carbons (Fsp3) is 0.273. The molecule has 1 rings (SSSR count). The second kappa shape index (κ2) is 5.87. The topological polar surface area (TPSA) is 43.4 Å². The Hall–Kier alpha value is -1.06. The SMILES string of the molecule is COC(=O)CC(Cl)C(=O)c1ccc(Cl)cc1. The van der Waals surface area contributed by atoms with Crippen LogP contribution < -0.4 is 0 Å². The summed E-state index contributed by atoms with van der Waals surface area (Å²) < 4.78 is 4.43. The summed E-state index contributed by atoms with van der Waals surface area (Å²) in [6.45, 7) is 0. The van der Waals surface area contributed by atoms with E-state index >= 15 is 0 Å². The molecule has 16 heavy (non-hydrogen) atoms. The van der Waals surface area contributed by atoms with Gasteiger partial charge in [-0.2, -0.15) is 0 Å². The smallest absolute Gasteiger partial charge is 0.307 e. The summed E-state index contributed by atoms with van der Waals surface area (Å²) in [6, 6.07) is 6.32. The maximum atomic E-state index is 11.7. The van der Waals surface area contributed by atoms with Gasteiger partial charge in [-0.1, -0.05) is 11.6 Å². The molecule has 0 bridgehead atoms. The van der Waals surface area contributed by atoms with Gasteiger partial charge in [-0.05, 0) is 24.3 Å². The Balaban J connectivity index is 2.70. The van der Waals surface area contributed by atoms with Crippen LogP contribution in [0.25, 0.3) is 0 Å². The molecular weight excluding hydrogens is 251 g/mol. The summed E-state index contributed by atoms with van der Waals surface area (Å²) in [5.41, 5.74) is 0.424. The van der Waals surface area contributed by atoms with Crippen molar-refractivity contribution in [2.75, 3.05) is 7.11 Å². The van der Waals surface area contributed by atoms with E-state index in [4.69, 9.17) is 23.2 Å². The molecule has 1 aromatic rings. The van der Waals surface area contributed by atoms with Crippen LogP contribution in [0.15, 0.2) is 24.3 Å². The predicted molar refractivity (Wildman–Crippen MR) is 62.1 cm³/mol. The molecule has 1 atom stereocenters. The highest BCUT2D eigenvalue weighted by atomic mass is 35.5. The molecule has 0 aliphatic carbocycles. The third kappa shape index (κ3) is 3.51. The Labute approximate surface area is 103 Å². The van der Waals surface area contributed by atoms with Crippen molar-refractivity contribution in [1.29, 1.82) is 0 Å². The van der Waals surface area contributed by atoms with Crippen LogP contribution in [-0.4, -0.2) is 24.2 Å². The molecular formula is C11H10Cl2O3. The van der Waals surface area contributed by atoms with E-state index in [2.05, 4.69) is 4.74 Å². The van der Waals surface area contributed by atoms with Gasteiger partial charge >= 0.3 is 5.97 Å². The molecule has 0 N–H and O–H groups in total. The molecule has 0 radical (unpaired) electrons. The molecule has 0 saturated carbocycles. The van der Waals surface area contributed by atoms with Crippen LogP contribution in [0.1, 0.15) is 16.8 Å². The van der Waals surface area contributed by atoms with E-state index in [0.29, 0.717) is 10.6 Å². The van der Waals surface area contributed by atoms with Gasteiger partial charge in [-0.25, -0.2) is 0 Å². The van der Waals surface area contributed by atoms with Gasteiger partial charge in [0.05, 0.1) is 13.5 Å². The number of halogens is 2. The van der Waals surface area contributed by atoms with Crippen LogP contribution in [0, 0.1) is 0 Å². The number of hydrogen-bond donors (Lipinski definition) is 0. The molecule has 0 aromatic heterocycles. The molecule has 0 fully saturated rings. The van der Waals surface area contributed by atoms with E-state index in [0.717, 1.165) is 0 Å². The molecule has 86 valence electrons. The summed E-state index contributed by atoms with van der Waals surface area (Å²) in [5, 5.41) is -0.371. The zero-order valence-electron chi connectivity index (χ0n) is 8.57. The lowest BCUT2D eigenvalue weighted by atomic mass is 10.1. The van der Waals surface area contributed by atoms with Crippen LogP contribution in [0.4, 0.5) is 0 Å². The number of carbonyl (C=O) groups excluding carboxylic acids is 2. The van der Waals surface area contributed by atoms with Gasteiger partial charge in [0.15, 0.2) is 5.78 Å². The first-order chi connectivity index (χ1) is 7.54. The molecule has 0 saturated heterocycles. The number of benzene rings is 1. The monoisotopic (exact) mass is 260 g/mol. The predicted octanol–water partition coefficient (Wildman–Crippen LogP) is 2.69. The van der Waals surface area contributed by atoms with Gasteiger partial charge in [0.1, 0.15) is 5.38 Å². The summed E-state index contributed by atoms with van der Waals surface area (Å²) >= 11 is 11.5. The van der Waals surface area contributed by atoms with Crippen molar-refractivity contribution in [3.05, 3.63) is 34.9 Å². The number of alkyl halides is 1. The van der Waals surface area contributed by atoms with Crippen LogP contribution in [0.5, 0.6) is 0 Å². The molecule has 0 amide bonds. The number of rotatable bonds is 4. The minimum absolute atomic E-state index is 0.139. The average molecular weight is 261 g/mol. The van der Waals surface area contributed by atoms with E-state index < -0.39 is 11.3 Å². The number of ether oxygens (including phenoxy) is 1. The summed E-state index contributed by atoms with van der Waals surface area (Å²) in [6.07, 6.45) is -0.139. The molecule has 3 nitrogen and oxygen atoms in total. The van der Waals surface area contributed by atoms with Crippen molar-refractivity contribution in [3.8, 4) is 0 Å². The second-order valence-electron chi connectivity index (χ2n) is 3.12. The molecule has 0 aliphatic rings. The number of ketones is 1. The molecule has 5 heteroatoms. The fourth-order valence-corrected chi connectivity index (χ4v) is 1.50. The lowest BCUT2D eigenvalue weighted by molar-refractivity contribution is -0.140. The number of hydrogen-bond acceptors (Lipinski definition) is 3. The van der Waals surface area contributed by atoms with Gasteiger partial charge < -0.3 is 4.74 Å². The highest BCUT2D eigenvalue weighted by Crippen LogP contribution is 2.15. The van der Waals surface area contributed by atoms with Gasteiger partial charge in [-0.3, -0.25) is 9.59 Å². The zero-order chi connectivity index (χ0) is 12.1. The number of esters is 1. The van der Waals surface area contributed by atoms with E-state index in [1.807, 2.05) is 0 Å². The third-order valence-electron chi connectivity index (χ3n) is 1.99. The summed E-state index contributed by atoms with van der Waals surface area (Å²) in [5.74, 6) is -0.828. The minimum Gasteiger partial charge on any atom is -0.469 e. The highest BCUT2D eigenvalue weighted by molar-refractivity contribution is 6.35. The standard InChI is InChI=1S/C11H10Cl2O3/c1-16-10(14)6-9(13)11(15)7-2-4-8(12)5-3-7/h2-5,9H,6H2,1H3. The first kappa shape index (κ1) is 13.0. The van der Waals surface area contributed by atoms with Crippen LogP contribution >= 0.6 is 23.2 Å². The number of carbonyl (C=O) groups is 2. The minimum atomic E-state index is -0.909.